The molecule has 0 bridgehead atoms. The summed E-state index contributed by atoms with van der Waals surface area (Å²) in [6.07, 6.45) is 1.06. The van der Waals surface area contributed by atoms with Crippen LogP contribution < -0.4 is 14.2 Å². The second-order valence-corrected chi connectivity index (χ2v) is 9.55. The number of carbonyl (C=O) groups excluding carboxylic acids is 1. The first-order valence-corrected chi connectivity index (χ1v) is 12.0. The van der Waals surface area contributed by atoms with Crippen molar-refractivity contribution in [1.29, 1.82) is 0 Å². The van der Waals surface area contributed by atoms with Crippen LogP contribution in [-0.2, 0) is 10.0 Å². The summed E-state index contributed by atoms with van der Waals surface area (Å²) in [6.45, 7) is 7.55. The normalized spacial score (nSPS) is 15.0. The summed E-state index contributed by atoms with van der Waals surface area (Å²) in [5, 5.41) is 0. The molecule has 31 heavy (non-hydrogen) atoms. The number of carbonyl (C=O) groups is 1. The monoisotopic (exact) mass is 446 g/mol. The number of nitrogens with one attached hydrogen (secondary N) is 1. The van der Waals surface area contributed by atoms with Crippen LogP contribution in [0, 0.1) is 19.8 Å². The van der Waals surface area contributed by atoms with Crippen molar-refractivity contribution < 1.29 is 22.7 Å². The molecule has 168 valence electrons. The van der Waals surface area contributed by atoms with Gasteiger partial charge in [-0.25, -0.2) is 17.9 Å². The van der Waals surface area contributed by atoms with E-state index in [2.05, 4.69) is 4.72 Å². The number of benzene rings is 2. The van der Waals surface area contributed by atoms with Gasteiger partial charge >= 0.3 is 6.09 Å². The Morgan fingerprint density at radius 1 is 1.10 bits per heavy atom. The van der Waals surface area contributed by atoms with E-state index in [-0.39, 0.29) is 16.9 Å². The van der Waals surface area contributed by atoms with Gasteiger partial charge in [0.25, 0.3) is 0 Å². The molecule has 0 radical (unpaired) electrons. The van der Waals surface area contributed by atoms with Crippen molar-refractivity contribution in [2.24, 2.45) is 5.92 Å². The Labute approximate surface area is 184 Å². The van der Waals surface area contributed by atoms with Gasteiger partial charge in [-0.1, -0.05) is 18.2 Å². The molecule has 7 nitrogen and oxygen atoms in total. The fraction of sp³-hybridized carbons (Fsp3) is 0.435. The highest BCUT2D eigenvalue weighted by atomic mass is 32.2. The maximum atomic E-state index is 12.8. The van der Waals surface area contributed by atoms with Crippen molar-refractivity contribution in [3.63, 3.8) is 0 Å². The van der Waals surface area contributed by atoms with Gasteiger partial charge in [0.05, 0.1) is 11.5 Å². The summed E-state index contributed by atoms with van der Waals surface area (Å²) >= 11 is 0. The summed E-state index contributed by atoms with van der Waals surface area (Å²) in [5.74, 6) is 1.42. The minimum Gasteiger partial charge on any atom is -0.493 e. The van der Waals surface area contributed by atoms with Crippen molar-refractivity contribution in [3.05, 3.63) is 53.6 Å². The highest BCUT2D eigenvalue weighted by molar-refractivity contribution is 7.89. The molecule has 3 rings (SSSR count). The Morgan fingerprint density at radius 3 is 2.29 bits per heavy atom. The number of piperidine rings is 1. The fourth-order valence-corrected chi connectivity index (χ4v) is 5.01. The first kappa shape index (κ1) is 23.1. The fourth-order valence-electron chi connectivity index (χ4n) is 3.72. The SMILES string of the molecule is CCOc1c(C)cc(S(=O)(=O)NCC2CCN(C(=O)Oc3ccccc3)CC2)cc1C. The molecule has 0 aliphatic carbocycles. The quantitative estimate of drug-likeness (QED) is 0.697. The van der Waals surface area contributed by atoms with Crippen LogP contribution in [0.3, 0.4) is 0 Å². The molecule has 1 aliphatic rings. The van der Waals surface area contributed by atoms with Crippen molar-refractivity contribution >= 4 is 16.1 Å². The molecule has 0 aromatic heterocycles. The minimum atomic E-state index is -3.62. The van der Waals surface area contributed by atoms with Crippen LogP contribution in [-0.4, -0.2) is 45.7 Å². The summed E-state index contributed by atoms with van der Waals surface area (Å²) in [4.78, 5) is 14.2. The second-order valence-electron chi connectivity index (χ2n) is 7.78. The summed E-state index contributed by atoms with van der Waals surface area (Å²) in [6, 6.07) is 12.3. The Hall–Kier alpha value is -2.58. The zero-order chi connectivity index (χ0) is 22.4. The van der Waals surface area contributed by atoms with Gasteiger partial charge in [-0.3, -0.25) is 0 Å². The maximum absolute atomic E-state index is 12.8. The number of rotatable bonds is 7. The smallest absolute Gasteiger partial charge is 0.415 e. The summed E-state index contributed by atoms with van der Waals surface area (Å²) in [7, 11) is -3.62. The Balaban J connectivity index is 1.52. The number of aryl methyl sites for hydroxylation is 2. The van der Waals surface area contributed by atoms with Crippen molar-refractivity contribution in [2.45, 2.75) is 38.5 Å². The van der Waals surface area contributed by atoms with Crippen LogP contribution in [0.2, 0.25) is 0 Å². The number of para-hydroxylation sites is 1. The summed E-state index contributed by atoms with van der Waals surface area (Å²) in [5.41, 5.74) is 1.60. The van der Waals surface area contributed by atoms with Crippen molar-refractivity contribution in [2.75, 3.05) is 26.2 Å². The third kappa shape index (κ3) is 5.98. The molecular weight excluding hydrogens is 416 g/mol. The van der Waals surface area contributed by atoms with Gasteiger partial charge in [-0.2, -0.15) is 0 Å². The Bertz CT molecular complexity index is 977. The van der Waals surface area contributed by atoms with Crippen LogP contribution in [0.4, 0.5) is 4.79 Å². The van der Waals surface area contributed by atoms with Crippen LogP contribution >= 0.6 is 0 Å². The van der Waals surface area contributed by atoms with E-state index in [0.29, 0.717) is 44.8 Å². The molecule has 1 N–H and O–H groups in total. The molecule has 1 amide bonds. The lowest BCUT2D eigenvalue weighted by Gasteiger charge is -2.31. The van der Waals surface area contributed by atoms with Gasteiger partial charge in [0.1, 0.15) is 11.5 Å². The van der Waals surface area contributed by atoms with Crippen LogP contribution in [0.5, 0.6) is 11.5 Å². The molecular formula is C23H30N2O5S. The van der Waals surface area contributed by atoms with Gasteiger partial charge in [0.2, 0.25) is 10.0 Å². The average Bonchev–Trinajstić information content (AvgIpc) is 2.76. The van der Waals surface area contributed by atoms with E-state index in [0.717, 1.165) is 16.9 Å². The number of hydrogen-bond acceptors (Lipinski definition) is 5. The Kier molecular flexibility index (Phi) is 7.56. The van der Waals surface area contributed by atoms with E-state index >= 15 is 0 Å². The lowest BCUT2D eigenvalue weighted by atomic mass is 9.97. The van der Waals surface area contributed by atoms with E-state index in [9.17, 15) is 13.2 Å². The third-order valence-corrected chi connectivity index (χ3v) is 6.82. The van der Waals surface area contributed by atoms with Gasteiger partial charge in [-0.05, 0) is 74.9 Å². The number of likely N-dealkylation sites (tertiary alicyclic amines) is 1. The first-order chi connectivity index (χ1) is 14.8. The number of hydrogen-bond donors (Lipinski definition) is 1. The molecule has 1 heterocycles. The molecule has 1 aliphatic heterocycles. The molecule has 1 saturated heterocycles. The maximum Gasteiger partial charge on any atom is 0.415 e. The van der Waals surface area contributed by atoms with Crippen molar-refractivity contribution in [1.82, 2.24) is 9.62 Å². The van der Waals surface area contributed by atoms with Crippen LogP contribution in [0.25, 0.3) is 0 Å². The lowest BCUT2D eigenvalue weighted by molar-refractivity contribution is 0.131. The van der Waals surface area contributed by atoms with Crippen molar-refractivity contribution in [3.8, 4) is 11.5 Å². The lowest BCUT2D eigenvalue weighted by Crippen LogP contribution is -2.42. The van der Waals surface area contributed by atoms with E-state index in [1.165, 1.54) is 0 Å². The highest BCUT2D eigenvalue weighted by Gasteiger charge is 2.26. The average molecular weight is 447 g/mol. The van der Waals surface area contributed by atoms with Gasteiger partial charge < -0.3 is 14.4 Å². The highest BCUT2D eigenvalue weighted by Crippen LogP contribution is 2.27. The zero-order valence-corrected chi connectivity index (χ0v) is 19.1. The number of amides is 1. The second kappa shape index (κ2) is 10.2. The zero-order valence-electron chi connectivity index (χ0n) is 18.3. The Morgan fingerprint density at radius 2 is 1.71 bits per heavy atom. The van der Waals surface area contributed by atoms with E-state index in [1.807, 2.05) is 39.0 Å². The predicted octanol–water partition coefficient (Wildman–Crippen LogP) is 3.89. The van der Waals surface area contributed by atoms with E-state index in [1.54, 1.807) is 29.2 Å². The van der Waals surface area contributed by atoms with E-state index < -0.39 is 10.0 Å². The number of nitrogens with zero attached hydrogens (tertiary/aromatic N) is 1. The largest absolute Gasteiger partial charge is 0.493 e. The van der Waals surface area contributed by atoms with Crippen LogP contribution in [0.15, 0.2) is 47.4 Å². The molecule has 0 saturated carbocycles. The van der Waals surface area contributed by atoms with Gasteiger partial charge in [0, 0.05) is 19.6 Å². The number of sulfonamides is 1. The minimum absolute atomic E-state index is 0.167. The van der Waals surface area contributed by atoms with E-state index in [4.69, 9.17) is 9.47 Å². The molecule has 0 atom stereocenters. The molecule has 0 spiro atoms. The molecule has 1 fully saturated rings. The molecule has 2 aromatic rings. The molecule has 0 unspecified atom stereocenters. The van der Waals surface area contributed by atoms with Gasteiger partial charge in [0.15, 0.2) is 0 Å². The van der Waals surface area contributed by atoms with Crippen LogP contribution in [0.1, 0.15) is 30.9 Å². The predicted molar refractivity (Wildman–Crippen MR) is 119 cm³/mol. The van der Waals surface area contributed by atoms with Gasteiger partial charge in [-0.15, -0.1) is 0 Å². The first-order valence-electron chi connectivity index (χ1n) is 10.6. The molecule has 2 aromatic carbocycles. The topological polar surface area (TPSA) is 84.9 Å². The number of ether oxygens (including phenoxy) is 2. The molecule has 8 heteroatoms. The summed E-state index contributed by atoms with van der Waals surface area (Å²) < 4.78 is 39.3. The standard InChI is InChI=1S/C23H30N2O5S/c1-4-29-22-17(2)14-21(15-18(22)3)31(27,28)24-16-19-10-12-25(13-11-19)23(26)30-20-8-6-5-7-9-20/h5-9,14-15,19,24H,4,10-13,16H2,1-3H3. The third-order valence-electron chi connectivity index (χ3n) is 5.42.